The molecule has 1 amide bonds. The van der Waals surface area contributed by atoms with Crippen LogP contribution in [-0.2, 0) is 19.2 Å². The Hall–Kier alpha value is -1.57. The summed E-state index contributed by atoms with van der Waals surface area (Å²) in [6.45, 7) is 2.84. The van der Waals surface area contributed by atoms with Gasteiger partial charge in [0, 0.05) is 12.2 Å². The van der Waals surface area contributed by atoms with E-state index in [0.717, 1.165) is 0 Å². The van der Waals surface area contributed by atoms with Gasteiger partial charge < -0.3 is 15.5 Å². The quantitative estimate of drug-likeness (QED) is 0.564. The number of amides is 1. The number of carboxylic acid groups (broad SMARTS) is 2. The number of carbonyl (C=O) groups excluding carboxylic acids is 2. The summed E-state index contributed by atoms with van der Waals surface area (Å²) in [7, 11) is 0. The normalized spacial score (nSPS) is 13.4. The highest BCUT2D eigenvalue weighted by atomic mass is 32.2. The van der Waals surface area contributed by atoms with Crippen molar-refractivity contribution in [3.05, 3.63) is 0 Å². The van der Waals surface area contributed by atoms with Crippen molar-refractivity contribution >= 4 is 34.7 Å². The van der Waals surface area contributed by atoms with E-state index < -0.39 is 34.9 Å². The van der Waals surface area contributed by atoms with Crippen molar-refractivity contribution < 1.29 is 29.4 Å². The molecule has 0 fully saturated rings. The smallest absolute Gasteiger partial charge is 0.330 e. The molecule has 0 spiro atoms. The van der Waals surface area contributed by atoms with Gasteiger partial charge >= 0.3 is 11.9 Å². The van der Waals surface area contributed by atoms with Crippen molar-refractivity contribution in [3.8, 4) is 0 Å². The van der Waals surface area contributed by atoms with Crippen LogP contribution in [-0.4, -0.2) is 44.5 Å². The SMILES string of the molecule is CCC(=O)NC(C)(CSC(=O)CC(=O)O)C(=O)O. The fourth-order valence-electron chi connectivity index (χ4n) is 0.947. The topological polar surface area (TPSA) is 121 Å². The molecule has 0 aliphatic rings. The third kappa shape index (κ3) is 5.67. The van der Waals surface area contributed by atoms with Crippen molar-refractivity contribution in [1.29, 1.82) is 0 Å². The number of carbonyl (C=O) groups is 4. The maximum Gasteiger partial charge on any atom is 0.330 e. The Morgan fingerprint density at radius 1 is 1.22 bits per heavy atom. The van der Waals surface area contributed by atoms with Gasteiger partial charge in [0.1, 0.15) is 12.0 Å². The molecule has 0 aliphatic heterocycles. The molecule has 0 radical (unpaired) electrons. The Morgan fingerprint density at radius 3 is 2.17 bits per heavy atom. The van der Waals surface area contributed by atoms with E-state index in [1.165, 1.54) is 6.92 Å². The highest BCUT2D eigenvalue weighted by Gasteiger charge is 2.35. The highest BCUT2D eigenvalue weighted by molar-refractivity contribution is 8.13. The monoisotopic (exact) mass is 277 g/mol. The van der Waals surface area contributed by atoms with Gasteiger partial charge in [-0.15, -0.1) is 0 Å². The molecular formula is C10H15NO6S. The average Bonchev–Trinajstić information content (AvgIpc) is 2.25. The predicted octanol–water partition coefficient (Wildman–Crippen LogP) is 0.0904. The molecule has 0 saturated heterocycles. The zero-order valence-electron chi connectivity index (χ0n) is 10.1. The summed E-state index contributed by atoms with van der Waals surface area (Å²) in [6.07, 6.45) is -0.557. The Labute approximate surface area is 108 Å². The minimum atomic E-state index is -1.59. The highest BCUT2D eigenvalue weighted by Crippen LogP contribution is 2.16. The maximum atomic E-state index is 11.2. The molecule has 7 nitrogen and oxygen atoms in total. The van der Waals surface area contributed by atoms with E-state index in [4.69, 9.17) is 10.2 Å². The molecule has 0 bridgehead atoms. The Kier molecular flexibility index (Phi) is 6.39. The van der Waals surface area contributed by atoms with Crippen molar-refractivity contribution in [3.63, 3.8) is 0 Å². The molecule has 1 unspecified atom stereocenters. The standard InChI is InChI=1S/C10H15NO6S/c1-3-6(12)11-10(2,9(16)17)5-18-8(15)4-7(13)14/h3-5H2,1-2H3,(H,11,12)(H,13,14)(H,16,17). The minimum absolute atomic E-state index is 0.122. The van der Waals surface area contributed by atoms with Gasteiger partial charge in [0.15, 0.2) is 5.12 Å². The third-order valence-electron chi connectivity index (χ3n) is 2.03. The molecule has 0 aromatic heterocycles. The number of nitrogens with one attached hydrogen (secondary N) is 1. The molecule has 0 heterocycles. The number of rotatable bonds is 7. The predicted molar refractivity (Wildman–Crippen MR) is 64.2 cm³/mol. The molecule has 0 aromatic carbocycles. The van der Waals surface area contributed by atoms with Crippen LogP contribution in [0.5, 0.6) is 0 Å². The number of hydrogen-bond donors (Lipinski definition) is 3. The molecule has 1 atom stereocenters. The molecule has 102 valence electrons. The van der Waals surface area contributed by atoms with Crippen molar-refractivity contribution in [2.45, 2.75) is 32.2 Å². The number of thioether (sulfide) groups is 1. The van der Waals surface area contributed by atoms with Crippen LogP contribution in [0.4, 0.5) is 0 Å². The van der Waals surface area contributed by atoms with Gasteiger partial charge in [0.05, 0.1) is 0 Å². The summed E-state index contributed by atoms with van der Waals surface area (Å²) in [6, 6.07) is 0. The van der Waals surface area contributed by atoms with E-state index >= 15 is 0 Å². The number of aliphatic carboxylic acids is 2. The van der Waals surface area contributed by atoms with Gasteiger partial charge in [-0.2, -0.15) is 0 Å². The Morgan fingerprint density at radius 2 is 1.78 bits per heavy atom. The zero-order valence-corrected chi connectivity index (χ0v) is 10.9. The summed E-state index contributed by atoms with van der Waals surface area (Å²) in [5.74, 6) is -3.23. The molecule has 3 N–H and O–H groups in total. The molecular weight excluding hydrogens is 262 g/mol. The fourth-order valence-corrected chi connectivity index (χ4v) is 1.82. The maximum absolute atomic E-state index is 11.2. The lowest BCUT2D eigenvalue weighted by molar-refractivity contribution is -0.145. The van der Waals surface area contributed by atoms with Crippen molar-refractivity contribution in [2.24, 2.45) is 0 Å². The Balaban J connectivity index is 4.53. The second-order valence-electron chi connectivity index (χ2n) is 3.77. The first-order chi connectivity index (χ1) is 8.21. The van der Waals surface area contributed by atoms with Crippen LogP contribution in [0.3, 0.4) is 0 Å². The van der Waals surface area contributed by atoms with E-state index in [0.29, 0.717) is 11.8 Å². The van der Waals surface area contributed by atoms with Crippen LogP contribution in [0.15, 0.2) is 0 Å². The van der Waals surface area contributed by atoms with Crippen LogP contribution in [0.1, 0.15) is 26.7 Å². The first-order valence-electron chi connectivity index (χ1n) is 5.13. The fraction of sp³-hybridized carbons (Fsp3) is 0.600. The van der Waals surface area contributed by atoms with Crippen LogP contribution in [0.2, 0.25) is 0 Å². The van der Waals surface area contributed by atoms with Crippen molar-refractivity contribution in [2.75, 3.05) is 5.75 Å². The van der Waals surface area contributed by atoms with Crippen LogP contribution in [0, 0.1) is 0 Å². The van der Waals surface area contributed by atoms with E-state index in [1.807, 2.05) is 0 Å². The second-order valence-corrected chi connectivity index (χ2v) is 4.80. The molecule has 18 heavy (non-hydrogen) atoms. The van der Waals surface area contributed by atoms with Crippen LogP contribution in [0.25, 0.3) is 0 Å². The number of hydrogen-bond acceptors (Lipinski definition) is 5. The second kappa shape index (κ2) is 7.00. The lowest BCUT2D eigenvalue weighted by Crippen LogP contribution is -2.54. The van der Waals surface area contributed by atoms with Gasteiger partial charge in [-0.05, 0) is 6.92 Å². The van der Waals surface area contributed by atoms with Gasteiger partial charge in [0.2, 0.25) is 5.91 Å². The van der Waals surface area contributed by atoms with E-state index in [9.17, 15) is 19.2 Å². The summed E-state index contributed by atoms with van der Waals surface area (Å²) < 4.78 is 0. The van der Waals surface area contributed by atoms with E-state index in [2.05, 4.69) is 5.32 Å². The van der Waals surface area contributed by atoms with Gasteiger partial charge in [-0.25, -0.2) is 4.79 Å². The van der Waals surface area contributed by atoms with Gasteiger partial charge in [-0.3, -0.25) is 14.4 Å². The number of carboxylic acids is 2. The lowest BCUT2D eigenvalue weighted by Gasteiger charge is -2.25. The van der Waals surface area contributed by atoms with Crippen LogP contribution >= 0.6 is 11.8 Å². The first-order valence-corrected chi connectivity index (χ1v) is 6.11. The van der Waals surface area contributed by atoms with Gasteiger partial charge in [0.25, 0.3) is 0 Å². The summed E-state index contributed by atoms with van der Waals surface area (Å²) in [5, 5.41) is 19.0. The Bertz CT molecular complexity index is 369. The molecule has 0 aromatic rings. The van der Waals surface area contributed by atoms with Crippen molar-refractivity contribution in [1.82, 2.24) is 5.32 Å². The zero-order chi connectivity index (χ0) is 14.3. The average molecular weight is 277 g/mol. The largest absolute Gasteiger partial charge is 0.481 e. The molecule has 0 aliphatic carbocycles. The molecule has 0 saturated carbocycles. The first kappa shape index (κ1) is 16.4. The molecule has 0 rings (SSSR count). The third-order valence-corrected chi connectivity index (χ3v) is 3.21. The van der Waals surface area contributed by atoms with Crippen LogP contribution < -0.4 is 5.32 Å². The summed E-state index contributed by atoms with van der Waals surface area (Å²) in [5.41, 5.74) is -1.59. The van der Waals surface area contributed by atoms with E-state index in [1.54, 1.807) is 6.92 Å². The van der Waals surface area contributed by atoms with E-state index in [-0.39, 0.29) is 12.2 Å². The van der Waals surface area contributed by atoms with Gasteiger partial charge in [-0.1, -0.05) is 18.7 Å². The molecule has 8 heteroatoms. The summed E-state index contributed by atoms with van der Waals surface area (Å²) in [4.78, 5) is 43.7. The lowest BCUT2D eigenvalue weighted by atomic mass is 10.1. The summed E-state index contributed by atoms with van der Waals surface area (Å²) >= 11 is 0.577. The minimum Gasteiger partial charge on any atom is -0.481 e.